The SMILES string of the molecule is CCOC(c1ccccc1C)c1cc2c(n1-c1ccccc1)CC(C)(C)CC2=O. The molecule has 1 heterocycles. The number of ether oxygens (including phenoxy) is 1. The van der Waals surface area contributed by atoms with Crippen molar-refractivity contribution in [2.75, 3.05) is 6.61 Å². The van der Waals surface area contributed by atoms with Crippen molar-refractivity contribution in [3.8, 4) is 5.69 Å². The maximum absolute atomic E-state index is 13.0. The third-order valence-electron chi connectivity index (χ3n) is 5.80. The van der Waals surface area contributed by atoms with Gasteiger partial charge in [-0.3, -0.25) is 4.79 Å². The molecule has 2 aromatic carbocycles. The first-order chi connectivity index (χ1) is 13.9. The van der Waals surface area contributed by atoms with Crippen LogP contribution in [0.25, 0.3) is 5.69 Å². The second-order valence-electron chi connectivity index (χ2n) is 8.73. The van der Waals surface area contributed by atoms with Gasteiger partial charge in [0, 0.05) is 30.0 Å². The van der Waals surface area contributed by atoms with Crippen LogP contribution < -0.4 is 0 Å². The number of hydrogen-bond donors (Lipinski definition) is 0. The van der Waals surface area contributed by atoms with Crippen LogP contribution in [-0.4, -0.2) is 17.0 Å². The number of rotatable bonds is 5. The molecule has 0 radical (unpaired) electrons. The van der Waals surface area contributed by atoms with Gasteiger partial charge in [0.05, 0.1) is 5.69 Å². The molecule has 1 aliphatic carbocycles. The Morgan fingerprint density at radius 2 is 1.72 bits per heavy atom. The van der Waals surface area contributed by atoms with E-state index in [9.17, 15) is 4.79 Å². The van der Waals surface area contributed by atoms with Gasteiger partial charge < -0.3 is 9.30 Å². The highest BCUT2D eigenvalue weighted by Crippen LogP contribution is 2.41. The summed E-state index contributed by atoms with van der Waals surface area (Å²) in [5, 5.41) is 0. The van der Waals surface area contributed by atoms with E-state index in [1.165, 1.54) is 5.56 Å². The topological polar surface area (TPSA) is 31.2 Å². The van der Waals surface area contributed by atoms with Gasteiger partial charge in [0.1, 0.15) is 6.10 Å². The Balaban J connectivity index is 1.98. The van der Waals surface area contributed by atoms with Crippen molar-refractivity contribution in [2.24, 2.45) is 5.41 Å². The van der Waals surface area contributed by atoms with Crippen LogP contribution in [0.2, 0.25) is 0 Å². The summed E-state index contributed by atoms with van der Waals surface area (Å²) in [6.45, 7) is 9.10. The summed E-state index contributed by atoms with van der Waals surface area (Å²) in [5.74, 6) is 0.229. The van der Waals surface area contributed by atoms with E-state index in [2.05, 4.69) is 67.8 Å². The van der Waals surface area contributed by atoms with Crippen molar-refractivity contribution in [2.45, 2.75) is 46.6 Å². The molecule has 0 aliphatic heterocycles. The zero-order valence-corrected chi connectivity index (χ0v) is 17.7. The molecule has 0 saturated heterocycles. The van der Waals surface area contributed by atoms with Gasteiger partial charge in [-0.1, -0.05) is 56.3 Å². The summed E-state index contributed by atoms with van der Waals surface area (Å²) in [6, 6.07) is 20.8. The van der Waals surface area contributed by atoms with Crippen LogP contribution in [0, 0.1) is 12.3 Å². The Morgan fingerprint density at radius 1 is 1.03 bits per heavy atom. The maximum Gasteiger partial charge on any atom is 0.165 e. The number of para-hydroxylation sites is 1. The molecular formula is C26H29NO2. The van der Waals surface area contributed by atoms with E-state index in [0.717, 1.165) is 34.6 Å². The van der Waals surface area contributed by atoms with Crippen LogP contribution in [0.4, 0.5) is 0 Å². The van der Waals surface area contributed by atoms with Gasteiger partial charge in [-0.2, -0.15) is 0 Å². The van der Waals surface area contributed by atoms with E-state index in [1.807, 2.05) is 25.1 Å². The van der Waals surface area contributed by atoms with Gasteiger partial charge in [-0.05, 0) is 55.0 Å². The first kappa shape index (κ1) is 19.7. The quantitative estimate of drug-likeness (QED) is 0.532. The normalized spacial score (nSPS) is 16.5. The highest BCUT2D eigenvalue weighted by atomic mass is 16.5. The van der Waals surface area contributed by atoms with Crippen LogP contribution in [0.15, 0.2) is 60.7 Å². The first-order valence-corrected chi connectivity index (χ1v) is 10.4. The van der Waals surface area contributed by atoms with Crippen LogP contribution in [0.1, 0.15) is 66.2 Å². The van der Waals surface area contributed by atoms with Gasteiger partial charge >= 0.3 is 0 Å². The largest absolute Gasteiger partial charge is 0.368 e. The van der Waals surface area contributed by atoms with E-state index >= 15 is 0 Å². The van der Waals surface area contributed by atoms with E-state index in [0.29, 0.717) is 13.0 Å². The van der Waals surface area contributed by atoms with Crippen molar-refractivity contribution >= 4 is 5.78 Å². The molecular weight excluding hydrogens is 358 g/mol. The number of benzene rings is 2. The van der Waals surface area contributed by atoms with Crippen molar-refractivity contribution < 1.29 is 9.53 Å². The van der Waals surface area contributed by atoms with E-state index in [-0.39, 0.29) is 17.3 Å². The van der Waals surface area contributed by atoms with Crippen LogP contribution in [0.3, 0.4) is 0 Å². The third-order valence-corrected chi connectivity index (χ3v) is 5.80. The third kappa shape index (κ3) is 3.67. The molecule has 0 spiro atoms. The van der Waals surface area contributed by atoms with Crippen LogP contribution >= 0.6 is 0 Å². The number of hydrogen-bond acceptors (Lipinski definition) is 2. The van der Waals surface area contributed by atoms with Gasteiger partial charge in [0.2, 0.25) is 0 Å². The number of Topliss-reactive ketones (excluding diaryl/α,β-unsaturated/α-hetero) is 1. The van der Waals surface area contributed by atoms with Gasteiger partial charge in [0.25, 0.3) is 0 Å². The highest BCUT2D eigenvalue weighted by molar-refractivity contribution is 5.99. The average molecular weight is 388 g/mol. The smallest absolute Gasteiger partial charge is 0.165 e. The molecule has 3 heteroatoms. The molecule has 3 aromatic rings. The number of fused-ring (bicyclic) bond motifs is 1. The van der Waals surface area contributed by atoms with Gasteiger partial charge in [0.15, 0.2) is 5.78 Å². The van der Waals surface area contributed by atoms with Gasteiger partial charge in [-0.25, -0.2) is 0 Å². The zero-order chi connectivity index (χ0) is 20.6. The fraction of sp³-hybridized carbons (Fsp3) is 0.346. The van der Waals surface area contributed by atoms with E-state index in [1.54, 1.807) is 0 Å². The lowest BCUT2D eigenvalue weighted by atomic mass is 9.76. The predicted octanol–water partition coefficient (Wildman–Crippen LogP) is 6.07. The molecule has 150 valence electrons. The van der Waals surface area contributed by atoms with Crippen molar-refractivity contribution in [1.82, 2.24) is 4.57 Å². The lowest BCUT2D eigenvalue weighted by molar-refractivity contribution is 0.0866. The Morgan fingerprint density at radius 3 is 2.41 bits per heavy atom. The van der Waals surface area contributed by atoms with E-state index in [4.69, 9.17) is 4.74 Å². The maximum atomic E-state index is 13.0. The fourth-order valence-electron chi connectivity index (χ4n) is 4.49. The minimum atomic E-state index is -0.220. The molecule has 0 bridgehead atoms. The summed E-state index contributed by atoms with van der Waals surface area (Å²) in [6.07, 6.45) is 1.24. The predicted molar refractivity (Wildman–Crippen MR) is 117 cm³/mol. The summed E-state index contributed by atoms with van der Waals surface area (Å²) < 4.78 is 8.55. The molecule has 1 aromatic heterocycles. The monoisotopic (exact) mass is 387 g/mol. The molecule has 0 saturated carbocycles. The number of aryl methyl sites for hydroxylation is 1. The fourth-order valence-corrected chi connectivity index (χ4v) is 4.49. The standard InChI is InChI=1S/C26H29NO2/c1-5-29-25(20-14-10-9-11-18(20)2)22-15-21-23(16-26(3,4)17-24(21)28)27(22)19-12-7-6-8-13-19/h6-15,25H,5,16-17H2,1-4H3. The Labute approximate surface area is 173 Å². The second-order valence-corrected chi connectivity index (χ2v) is 8.73. The molecule has 4 rings (SSSR count). The molecule has 1 aliphatic rings. The molecule has 0 amide bonds. The Bertz CT molecular complexity index is 1030. The number of carbonyl (C=O) groups is 1. The minimum absolute atomic E-state index is 0.0456. The highest BCUT2D eigenvalue weighted by Gasteiger charge is 2.36. The lowest BCUT2D eigenvalue weighted by Gasteiger charge is -2.30. The number of ketones is 1. The number of carbonyl (C=O) groups excluding carboxylic acids is 1. The Hall–Kier alpha value is -2.65. The summed E-state index contributed by atoms with van der Waals surface area (Å²) in [5.41, 5.74) is 6.35. The van der Waals surface area contributed by atoms with Gasteiger partial charge in [-0.15, -0.1) is 0 Å². The average Bonchev–Trinajstić information content (AvgIpc) is 3.05. The zero-order valence-electron chi connectivity index (χ0n) is 17.7. The Kier molecular flexibility index (Phi) is 5.18. The molecule has 3 nitrogen and oxygen atoms in total. The van der Waals surface area contributed by atoms with Crippen molar-refractivity contribution in [3.05, 3.63) is 88.7 Å². The molecule has 29 heavy (non-hydrogen) atoms. The summed E-state index contributed by atoms with van der Waals surface area (Å²) in [4.78, 5) is 13.0. The minimum Gasteiger partial charge on any atom is -0.368 e. The molecule has 1 atom stereocenters. The van der Waals surface area contributed by atoms with Crippen molar-refractivity contribution in [3.63, 3.8) is 0 Å². The summed E-state index contributed by atoms with van der Waals surface area (Å²) in [7, 11) is 0. The molecule has 0 fully saturated rings. The van der Waals surface area contributed by atoms with E-state index < -0.39 is 0 Å². The van der Waals surface area contributed by atoms with Crippen LogP contribution in [-0.2, 0) is 11.2 Å². The molecule has 0 N–H and O–H groups in total. The summed E-state index contributed by atoms with van der Waals surface area (Å²) >= 11 is 0. The molecule has 1 unspecified atom stereocenters. The second kappa shape index (κ2) is 7.64. The van der Waals surface area contributed by atoms with Crippen LogP contribution in [0.5, 0.6) is 0 Å². The van der Waals surface area contributed by atoms with Crippen molar-refractivity contribution in [1.29, 1.82) is 0 Å². The lowest BCUT2D eigenvalue weighted by Crippen LogP contribution is -2.28. The first-order valence-electron chi connectivity index (χ1n) is 10.4. The number of aromatic nitrogens is 1. The number of nitrogens with zero attached hydrogens (tertiary/aromatic N) is 1.